The van der Waals surface area contributed by atoms with Crippen LogP contribution in [0.1, 0.15) is 26.7 Å². The second kappa shape index (κ2) is 5.36. The molecule has 0 bridgehead atoms. The van der Waals surface area contributed by atoms with Gasteiger partial charge in [-0.3, -0.25) is 4.79 Å². The van der Waals surface area contributed by atoms with Gasteiger partial charge in [-0.15, -0.1) is 0 Å². The minimum absolute atomic E-state index is 0.0116. The van der Waals surface area contributed by atoms with Crippen LogP contribution in [0, 0.1) is 5.41 Å². The first-order valence-corrected chi connectivity index (χ1v) is 7.49. The van der Waals surface area contributed by atoms with Crippen molar-refractivity contribution < 1.29 is 9.53 Å². The van der Waals surface area contributed by atoms with E-state index in [1.807, 2.05) is 44.2 Å². The van der Waals surface area contributed by atoms with E-state index in [0.717, 1.165) is 12.2 Å². The van der Waals surface area contributed by atoms with Gasteiger partial charge in [0.2, 0.25) is 0 Å². The van der Waals surface area contributed by atoms with Gasteiger partial charge in [0.15, 0.2) is 0 Å². The summed E-state index contributed by atoms with van der Waals surface area (Å²) in [5.74, 6) is 1.16. The first-order valence-electron chi connectivity index (χ1n) is 7.49. The van der Waals surface area contributed by atoms with Gasteiger partial charge in [-0.1, -0.05) is 49.4 Å². The molecule has 0 aliphatic heterocycles. The van der Waals surface area contributed by atoms with Gasteiger partial charge in [-0.2, -0.15) is 0 Å². The van der Waals surface area contributed by atoms with E-state index in [-0.39, 0.29) is 11.5 Å². The Balaban J connectivity index is 1.73. The van der Waals surface area contributed by atoms with E-state index in [2.05, 4.69) is 24.3 Å². The SMILES string of the molecule is CCC1(C)C(=O)CC1Oc1ccc(-c2ccccc2)cc1. The maximum atomic E-state index is 11.7. The van der Waals surface area contributed by atoms with E-state index in [4.69, 9.17) is 4.74 Å². The first kappa shape index (κ1) is 13.9. The van der Waals surface area contributed by atoms with Crippen molar-refractivity contribution in [2.75, 3.05) is 0 Å². The third-order valence-corrected chi connectivity index (χ3v) is 4.69. The highest BCUT2D eigenvalue weighted by Gasteiger charge is 2.51. The lowest BCUT2D eigenvalue weighted by atomic mass is 9.64. The maximum Gasteiger partial charge on any atom is 0.146 e. The van der Waals surface area contributed by atoms with E-state index < -0.39 is 0 Å². The number of rotatable bonds is 4. The monoisotopic (exact) mass is 280 g/mol. The van der Waals surface area contributed by atoms with Crippen molar-refractivity contribution in [3.8, 4) is 16.9 Å². The van der Waals surface area contributed by atoms with Gasteiger partial charge in [0.1, 0.15) is 17.6 Å². The standard InChI is InChI=1S/C19H20O2/c1-3-19(2)17(20)13-18(19)21-16-11-9-15(10-12-16)14-7-5-4-6-8-14/h4-12,18H,3,13H2,1-2H3. The van der Waals surface area contributed by atoms with E-state index in [1.54, 1.807) is 0 Å². The molecule has 2 heteroatoms. The Bertz CT molecular complexity index is 630. The fourth-order valence-corrected chi connectivity index (χ4v) is 2.79. The summed E-state index contributed by atoms with van der Waals surface area (Å²) in [6, 6.07) is 18.4. The van der Waals surface area contributed by atoms with Crippen LogP contribution in [0.5, 0.6) is 5.75 Å². The Hall–Kier alpha value is -2.09. The summed E-state index contributed by atoms with van der Waals surface area (Å²) < 4.78 is 6.00. The van der Waals surface area contributed by atoms with Crippen LogP contribution in [-0.4, -0.2) is 11.9 Å². The second-order valence-corrected chi connectivity index (χ2v) is 5.90. The Morgan fingerprint density at radius 1 is 1.05 bits per heavy atom. The molecule has 0 saturated heterocycles. The lowest BCUT2D eigenvalue weighted by Crippen LogP contribution is -2.54. The molecule has 1 fully saturated rings. The van der Waals surface area contributed by atoms with Crippen LogP contribution in [0.15, 0.2) is 54.6 Å². The quantitative estimate of drug-likeness (QED) is 0.824. The fourth-order valence-electron chi connectivity index (χ4n) is 2.79. The van der Waals surface area contributed by atoms with E-state index in [1.165, 1.54) is 11.1 Å². The van der Waals surface area contributed by atoms with Gasteiger partial charge in [0.25, 0.3) is 0 Å². The third kappa shape index (κ3) is 2.46. The first-order chi connectivity index (χ1) is 10.1. The molecule has 1 aliphatic rings. The molecule has 1 aliphatic carbocycles. The van der Waals surface area contributed by atoms with Crippen LogP contribution in [-0.2, 0) is 4.79 Å². The van der Waals surface area contributed by atoms with Crippen LogP contribution in [0.3, 0.4) is 0 Å². The molecule has 1 saturated carbocycles. The molecule has 2 aromatic carbocycles. The van der Waals surface area contributed by atoms with Crippen molar-refractivity contribution in [3.05, 3.63) is 54.6 Å². The molecule has 0 N–H and O–H groups in total. The Morgan fingerprint density at radius 2 is 1.67 bits per heavy atom. The molecule has 0 spiro atoms. The van der Waals surface area contributed by atoms with Crippen LogP contribution in [0.2, 0.25) is 0 Å². The zero-order chi connectivity index (χ0) is 14.9. The summed E-state index contributed by atoms with van der Waals surface area (Å²) in [5.41, 5.74) is 2.06. The smallest absolute Gasteiger partial charge is 0.146 e. The summed E-state index contributed by atoms with van der Waals surface area (Å²) in [6.07, 6.45) is 1.38. The predicted octanol–water partition coefficient (Wildman–Crippen LogP) is 4.49. The highest BCUT2D eigenvalue weighted by molar-refractivity contribution is 5.92. The van der Waals surface area contributed by atoms with E-state index in [0.29, 0.717) is 12.2 Å². The lowest BCUT2D eigenvalue weighted by Gasteiger charge is -2.44. The highest BCUT2D eigenvalue weighted by atomic mass is 16.5. The summed E-state index contributed by atoms with van der Waals surface area (Å²) in [7, 11) is 0. The largest absolute Gasteiger partial charge is 0.489 e. The Morgan fingerprint density at radius 3 is 2.24 bits per heavy atom. The van der Waals surface area contributed by atoms with Crippen molar-refractivity contribution in [1.29, 1.82) is 0 Å². The van der Waals surface area contributed by atoms with Gasteiger partial charge in [0, 0.05) is 6.42 Å². The summed E-state index contributed by atoms with van der Waals surface area (Å²) in [4.78, 5) is 11.7. The van der Waals surface area contributed by atoms with Gasteiger partial charge < -0.3 is 4.74 Å². The molecular weight excluding hydrogens is 260 g/mol. The third-order valence-electron chi connectivity index (χ3n) is 4.69. The molecule has 21 heavy (non-hydrogen) atoms. The molecule has 2 atom stereocenters. The van der Waals surface area contributed by atoms with Gasteiger partial charge in [-0.05, 0) is 36.6 Å². The number of carbonyl (C=O) groups is 1. The van der Waals surface area contributed by atoms with E-state index >= 15 is 0 Å². The minimum atomic E-state index is -0.307. The fraction of sp³-hybridized carbons (Fsp3) is 0.316. The molecular formula is C19H20O2. The molecule has 2 nitrogen and oxygen atoms in total. The second-order valence-electron chi connectivity index (χ2n) is 5.90. The molecule has 108 valence electrons. The minimum Gasteiger partial charge on any atom is -0.489 e. The molecule has 0 amide bonds. The maximum absolute atomic E-state index is 11.7. The average Bonchev–Trinajstić information content (AvgIpc) is 2.55. The number of carbonyl (C=O) groups excluding carboxylic acids is 1. The number of ketones is 1. The normalized spacial score (nSPS) is 24.5. The van der Waals surface area contributed by atoms with Crippen molar-refractivity contribution in [3.63, 3.8) is 0 Å². The molecule has 2 aromatic rings. The summed E-state index contributed by atoms with van der Waals surface area (Å²) in [5, 5.41) is 0. The number of hydrogen-bond donors (Lipinski definition) is 0. The molecule has 0 radical (unpaired) electrons. The zero-order valence-electron chi connectivity index (χ0n) is 12.5. The predicted molar refractivity (Wildman–Crippen MR) is 84.3 cm³/mol. The molecule has 3 rings (SSSR count). The van der Waals surface area contributed by atoms with Crippen molar-refractivity contribution in [2.24, 2.45) is 5.41 Å². The Kier molecular flexibility index (Phi) is 3.54. The topological polar surface area (TPSA) is 26.3 Å². The van der Waals surface area contributed by atoms with Crippen LogP contribution in [0.25, 0.3) is 11.1 Å². The van der Waals surface area contributed by atoms with Gasteiger partial charge >= 0.3 is 0 Å². The lowest BCUT2D eigenvalue weighted by molar-refractivity contribution is -0.150. The average molecular weight is 280 g/mol. The zero-order valence-corrected chi connectivity index (χ0v) is 12.5. The number of ether oxygens (including phenoxy) is 1. The molecule has 2 unspecified atom stereocenters. The van der Waals surface area contributed by atoms with Crippen LogP contribution >= 0.6 is 0 Å². The number of Topliss-reactive ketones (excluding diaryl/α,β-unsaturated/α-hetero) is 1. The van der Waals surface area contributed by atoms with Gasteiger partial charge in [-0.25, -0.2) is 0 Å². The summed E-state index contributed by atoms with van der Waals surface area (Å²) in [6.45, 7) is 4.05. The van der Waals surface area contributed by atoms with E-state index in [9.17, 15) is 4.79 Å². The van der Waals surface area contributed by atoms with Crippen molar-refractivity contribution in [1.82, 2.24) is 0 Å². The molecule has 0 heterocycles. The Labute approximate surface area is 125 Å². The number of hydrogen-bond acceptors (Lipinski definition) is 2. The number of benzene rings is 2. The summed E-state index contributed by atoms with van der Waals surface area (Å²) >= 11 is 0. The van der Waals surface area contributed by atoms with Crippen LogP contribution in [0.4, 0.5) is 0 Å². The van der Waals surface area contributed by atoms with Crippen molar-refractivity contribution in [2.45, 2.75) is 32.8 Å². The highest BCUT2D eigenvalue weighted by Crippen LogP contribution is 2.42. The van der Waals surface area contributed by atoms with Crippen molar-refractivity contribution >= 4 is 5.78 Å². The molecule has 0 aromatic heterocycles. The van der Waals surface area contributed by atoms with Crippen LogP contribution < -0.4 is 4.74 Å². The van der Waals surface area contributed by atoms with Gasteiger partial charge in [0.05, 0.1) is 5.41 Å².